The molecule has 0 atom stereocenters. The van der Waals surface area contributed by atoms with Gasteiger partial charge in [-0.2, -0.15) is 0 Å². The van der Waals surface area contributed by atoms with Crippen LogP contribution in [0.25, 0.3) is 11.0 Å². The molecule has 1 aliphatic rings. The third kappa shape index (κ3) is 5.36. The van der Waals surface area contributed by atoms with E-state index in [4.69, 9.17) is 4.98 Å². The molecule has 1 amide bonds. The quantitative estimate of drug-likeness (QED) is 0.534. The number of carbonyl (C=O) groups excluding carboxylic acids is 1. The van der Waals surface area contributed by atoms with Gasteiger partial charge in [-0.15, -0.1) is 0 Å². The molecule has 4 rings (SSSR count). The van der Waals surface area contributed by atoms with Crippen molar-refractivity contribution in [2.45, 2.75) is 57.4 Å². The number of carbonyl (C=O) groups is 2. The van der Waals surface area contributed by atoms with Crippen LogP contribution in [0, 0.1) is 0 Å². The molecule has 0 spiro atoms. The number of carboxylic acids is 1. The van der Waals surface area contributed by atoms with Gasteiger partial charge >= 0.3 is 5.97 Å². The van der Waals surface area contributed by atoms with E-state index in [2.05, 4.69) is 10.6 Å². The van der Waals surface area contributed by atoms with Crippen molar-refractivity contribution in [3.63, 3.8) is 0 Å². The molecule has 0 aliphatic heterocycles. The van der Waals surface area contributed by atoms with E-state index in [9.17, 15) is 14.7 Å². The maximum atomic E-state index is 13.0. The Balaban J connectivity index is 1.49. The lowest BCUT2D eigenvalue weighted by Gasteiger charge is -2.24. The molecule has 3 aromatic rings. The number of carboxylic acid groups (broad SMARTS) is 1. The van der Waals surface area contributed by atoms with E-state index in [1.807, 2.05) is 48.5 Å². The summed E-state index contributed by atoms with van der Waals surface area (Å²) in [7, 11) is 0. The number of benzene rings is 2. The first-order valence-electron chi connectivity index (χ1n) is 11.6. The molecule has 0 radical (unpaired) electrons. The minimum Gasteiger partial charge on any atom is -0.480 e. The fourth-order valence-electron chi connectivity index (χ4n) is 4.73. The van der Waals surface area contributed by atoms with Crippen LogP contribution in [0.15, 0.2) is 54.6 Å². The first-order valence-corrected chi connectivity index (χ1v) is 11.6. The number of rotatable bonds is 9. The lowest BCUT2D eigenvalue weighted by Crippen LogP contribution is -2.37. The van der Waals surface area contributed by atoms with Crippen molar-refractivity contribution in [2.75, 3.05) is 13.1 Å². The minimum atomic E-state index is -0.984. The third-order valence-electron chi connectivity index (χ3n) is 6.40. The molecule has 1 heterocycles. The number of aryl methyl sites for hydroxylation is 1. The zero-order valence-corrected chi connectivity index (χ0v) is 18.4. The van der Waals surface area contributed by atoms with Crippen LogP contribution in [0.4, 0.5) is 0 Å². The van der Waals surface area contributed by atoms with Crippen molar-refractivity contribution in [3.8, 4) is 0 Å². The minimum absolute atomic E-state index is 0.129. The monoisotopic (exact) mass is 433 g/mol. The Morgan fingerprint density at radius 3 is 2.47 bits per heavy atom. The zero-order chi connectivity index (χ0) is 22.3. The normalized spacial score (nSPS) is 14.5. The summed E-state index contributed by atoms with van der Waals surface area (Å²) in [4.78, 5) is 30.8. The number of fused-ring (bicyclic) bond motifs is 1. The molecule has 0 bridgehead atoms. The molecular weight excluding hydrogens is 402 g/mol. The molecular formula is C26H31N3O3. The SMILES string of the molecule is O=C(O)CN(CCc1ccccc1)C(=O)CCn1c(C2CCCCC2)nc2ccccc21. The number of aromatic nitrogens is 2. The van der Waals surface area contributed by atoms with Crippen LogP contribution in [0.1, 0.15) is 55.8 Å². The number of hydrogen-bond donors (Lipinski definition) is 1. The molecule has 0 saturated heterocycles. The molecule has 6 heteroatoms. The van der Waals surface area contributed by atoms with Gasteiger partial charge in [0.05, 0.1) is 11.0 Å². The van der Waals surface area contributed by atoms with Crippen LogP contribution in [0.2, 0.25) is 0 Å². The Morgan fingerprint density at radius 1 is 1.00 bits per heavy atom. The van der Waals surface area contributed by atoms with Gasteiger partial charge in [0.25, 0.3) is 0 Å². The Labute approximate surface area is 188 Å². The number of para-hydroxylation sites is 2. The summed E-state index contributed by atoms with van der Waals surface area (Å²) in [5, 5.41) is 9.33. The average molecular weight is 434 g/mol. The van der Waals surface area contributed by atoms with Gasteiger partial charge in [0.1, 0.15) is 12.4 Å². The predicted octanol–water partition coefficient (Wildman–Crippen LogP) is 4.63. The Bertz CT molecular complexity index is 1050. The average Bonchev–Trinajstić information content (AvgIpc) is 3.20. The zero-order valence-electron chi connectivity index (χ0n) is 18.4. The van der Waals surface area contributed by atoms with Gasteiger partial charge in [0, 0.05) is 25.4 Å². The molecule has 32 heavy (non-hydrogen) atoms. The lowest BCUT2D eigenvalue weighted by molar-refractivity contribution is -0.144. The van der Waals surface area contributed by atoms with Crippen molar-refractivity contribution in [1.29, 1.82) is 0 Å². The van der Waals surface area contributed by atoms with E-state index < -0.39 is 5.97 Å². The number of hydrogen-bond acceptors (Lipinski definition) is 3. The fourth-order valence-corrected chi connectivity index (χ4v) is 4.73. The predicted molar refractivity (Wildman–Crippen MR) is 125 cm³/mol. The number of aliphatic carboxylic acids is 1. The summed E-state index contributed by atoms with van der Waals surface area (Å²) in [5.41, 5.74) is 3.11. The summed E-state index contributed by atoms with van der Waals surface area (Å²) in [6, 6.07) is 17.9. The van der Waals surface area contributed by atoms with Crippen molar-refractivity contribution in [2.24, 2.45) is 0 Å². The summed E-state index contributed by atoms with van der Waals surface area (Å²) >= 11 is 0. The van der Waals surface area contributed by atoms with Crippen molar-refractivity contribution >= 4 is 22.9 Å². The maximum absolute atomic E-state index is 13.0. The van der Waals surface area contributed by atoms with E-state index in [1.165, 1.54) is 24.2 Å². The molecule has 1 N–H and O–H groups in total. The van der Waals surface area contributed by atoms with Gasteiger partial charge in [-0.25, -0.2) is 4.98 Å². The van der Waals surface area contributed by atoms with Gasteiger partial charge in [0.15, 0.2) is 0 Å². The van der Waals surface area contributed by atoms with Crippen LogP contribution >= 0.6 is 0 Å². The van der Waals surface area contributed by atoms with Crippen LogP contribution in [0.3, 0.4) is 0 Å². The molecule has 0 unspecified atom stereocenters. The molecule has 1 aliphatic carbocycles. The van der Waals surface area contributed by atoms with Crippen molar-refractivity contribution in [3.05, 3.63) is 66.0 Å². The summed E-state index contributed by atoms with van der Waals surface area (Å²) < 4.78 is 2.19. The van der Waals surface area contributed by atoms with Crippen LogP contribution in [-0.4, -0.2) is 44.5 Å². The van der Waals surface area contributed by atoms with Gasteiger partial charge in [-0.3, -0.25) is 9.59 Å². The second-order valence-corrected chi connectivity index (χ2v) is 8.64. The first kappa shape index (κ1) is 22.1. The fraction of sp³-hybridized carbons (Fsp3) is 0.423. The van der Waals surface area contributed by atoms with Gasteiger partial charge in [-0.1, -0.05) is 61.7 Å². The largest absolute Gasteiger partial charge is 0.480 e. The Morgan fingerprint density at radius 2 is 1.72 bits per heavy atom. The summed E-state index contributed by atoms with van der Waals surface area (Å²) in [6.07, 6.45) is 6.90. The highest BCUT2D eigenvalue weighted by Crippen LogP contribution is 2.34. The van der Waals surface area contributed by atoms with Crippen LogP contribution in [-0.2, 0) is 22.6 Å². The highest BCUT2D eigenvalue weighted by molar-refractivity contribution is 5.82. The van der Waals surface area contributed by atoms with Gasteiger partial charge < -0.3 is 14.6 Å². The van der Waals surface area contributed by atoms with E-state index in [0.29, 0.717) is 25.4 Å². The van der Waals surface area contributed by atoms with Crippen LogP contribution < -0.4 is 0 Å². The molecule has 1 fully saturated rings. The number of amides is 1. The van der Waals surface area contributed by atoms with E-state index in [1.54, 1.807) is 0 Å². The summed E-state index contributed by atoms with van der Waals surface area (Å²) in [5.74, 6) is 0.394. The Hall–Kier alpha value is -3.15. The van der Waals surface area contributed by atoms with Crippen LogP contribution in [0.5, 0.6) is 0 Å². The Kier molecular flexibility index (Phi) is 7.20. The maximum Gasteiger partial charge on any atom is 0.323 e. The third-order valence-corrected chi connectivity index (χ3v) is 6.40. The second-order valence-electron chi connectivity index (χ2n) is 8.64. The van der Waals surface area contributed by atoms with Gasteiger partial charge in [-0.05, 0) is 37.0 Å². The second kappa shape index (κ2) is 10.4. The van der Waals surface area contributed by atoms with Crippen molar-refractivity contribution in [1.82, 2.24) is 14.5 Å². The molecule has 2 aromatic carbocycles. The highest BCUT2D eigenvalue weighted by atomic mass is 16.4. The smallest absolute Gasteiger partial charge is 0.323 e. The topological polar surface area (TPSA) is 75.4 Å². The van der Waals surface area contributed by atoms with Crippen molar-refractivity contribution < 1.29 is 14.7 Å². The van der Waals surface area contributed by atoms with E-state index >= 15 is 0 Å². The molecule has 1 saturated carbocycles. The van der Waals surface area contributed by atoms with E-state index in [0.717, 1.165) is 35.3 Å². The number of nitrogens with zero attached hydrogens (tertiary/aromatic N) is 3. The summed E-state index contributed by atoms with van der Waals surface area (Å²) in [6.45, 7) is 0.647. The van der Waals surface area contributed by atoms with Gasteiger partial charge in [0.2, 0.25) is 5.91 Å². The molecule has 6 nitrogen and oxygen atoms in total. The standard InChI is InChI=1S/C26H31N3O3/c30-24(28(19-25(31)32)17-15-20-9-3-1-4-10-20)16-18-29-23-14-8-7-13-22(23)27-26(29)21-11-5-2-6-12-21/h1,3-4,7-10,13-14,21H,2,5-6,11-12,15-19H2,(H,31,32). The molecule has 168 valence electrons. The highest BCUT2D eigenvalue weighted by Gasteiger charge is 2.23. The first-order chi connectivity index (χ1) is 15.6. The number of imidazole rings is 1. The molecule has 1 aromatic heterocycles. The van der Waals surface area contributed by atoms with E-state index in [-0.39, 0.29) is 18.9 Å². The lowest BCUT2D eigenvalue weighted by atomic mass is 9.88.